The Hall–Kier alpha value is -4.12. The summed E-state index contributed by atoms with van der Waals surface area (Å²) in [6.45, 7) is 2.09. The van der Waals surface area contributed by atoms with Crippen molar-refractivity contribution in [1.29, 1.82) is 0 Å². The molecule has 0 saturated carbocycles. The number of likely N-dealkylation sites (tertiary alicyclic amines) is 1. The summed E-state index contributed by atoms with van der Waals surface area (Å²) in [5, 5.41) is 2.71. The topological polar surface area (TPSA) is 71.1 Å². The van der Waals surface area contributed by atoms with Crippen LogP contribution >= 0.6 is 0 Å². The van der Waals surface area contributed by atoms with E-state index in [0.717, 1.165) is 28.2 Å². The van der Waals surface area contributed by atoms with Gasteiger partial charge in [0.25, 0.3) is 0 Å². The number of ether oxygens (including phenoxy) is 2. The number of hydrogen-bond donors (Lipinski definition) is 1. The van der Waals surface area contributed by atoms with E-state index in [1.165, 1.54) is 30.3 Å². The molecule has 3 aliphatic heterocycles. The lowest BCUT2D eigenvalue weighted by Crippen LogP contribution is -2.46. The molecule has 0 aromatic heterocycles. The number of hydrogen-bond acceptors (Lipinski definition) is 5. The number of nitrogens with one attached hydrogen (secondary N) is 1. The average molecular weight is 570 g/mol. The number of imide groups is 1. The molecule has 3 aromatic carbocycles. The maximum atomic E-state index is 14.3. The van der Waals surface area contributed by atoms with Crippen LogP contribution in [0.5, 0.6) is 11.5 Å². The third-order valence-electron chi connectivity index (χ3n) is 8.19. The summed E-state index contributed by atoms with van der Waals surface area (Å²) in [5.41, 5.74) is 1.11. The van der Waals surface area contributed by atoms with Crippen molar-refractivity contribution < 1.29 is 36.6 Å². The summed E-state index contributed by atoms with van der Waals surface area (Å²) in [7, 11) is 0. The number of rotatable bonds is 5. The standard InChI is InChI=1S/C30H27F4N3O4/c31-19-3-6-26-21(15-19)30(22-16-20(32)4-7-27(22)41-26)8-12-36(13-9-30)11-1-10-35-28(38)37-25(17-40-29(37)39)18-2-5-23(33)24(34)14-18/h2-7,14-16,25H,1,8-13,17H2,(H,35,38)/t25-/m1/s1. The smallest absolute Gasteiger partial charge is 0.418 e. The van der Waals surface area contributed by atoms with Crippen molar-refractivity contribution in [3.05, 3.63) is 94.6 Å². The molecule has 41 heavy (non-hydrogen) atoms. The zero-order chi connectivity index (χ0) is 28.7. The molecule has 1 N–H and O–H groups in total. The fourth-order valence-electron chi connectivity index (χ4n) is 6.09. The van der Waals surface area contributed by atoms with Crippen LogP contribution in [0, 0.1) is 23.3 Å². The summed E-state index contributed by atoms with van der Waals surface area (Å²) in [6, 6.07) is 10.5. The summed E-state index contributed by atoms with van der Waals surface area (Å²) in [5.74, 6) is -1.71. The number of carbonyl (C=O) groups is 2. The Morgan fingerprint density at radius 3 is 2.20 bits per heavy atom. The van der Waals surface area contributed by atoms with Crippen LogP contribution in [0.2, 0.25) is 0 Å². The Balaban J connectivity index is 1.07. The maximum absolute atomic E-state index is 14.3. The molecule has 3 aromatic rings. The minimum Gasteiger partial charge on any atom is -0.457 e. The van der Waals surface area contributed by atoms with Gasteiger partial charge in [-0.3, -0.25) is 0 Å². The van der Waals surface area contributed by atoms with E-state index in [9.17, 15) is 27.2 Å². The van der Waals surface area contributed by atoms with Gasteiger partial charge in [0.1, 0.15) is 35.8 Å². The molecule has 7 nitrogen and oxygen atoms in total. The van der Waals surface area contributed by atoms with Crippen molar-refractivity contribution >= 4 is 12.1 Å². The molecule has 214 valence electrons. The molecule has 3 amide bonds. The number of cyclic esters (lactones) is 1. The molecule has 3 aliphatic rings. The molecule has 2 saturated heterocycles. The normalized spacial score (nSPS) is 19.4. The van der Waals surface area contributed by atoms with Crippen LogP contribution in [0.1, 0.15) is 42.0 Å². The lowest BCUT2D eigenvalue weighted by molar-refractivity contribution is 0.157. The highest BCUT2D eigenvalue weighted by atomic mass is 19.2. The summed E-state index contributed by atoms with van der Waals surface area (Å²) < 4.78 is 66.6. The predicted molar refractivity (Wildman–Crippen MR) is 140 cm³/mol. The first-order valence-corrected chi connectivity index (χ1v) is 13.4. The van der Waals surface area contributed by atoms with E-state index in [2.05, 4.69) is 10.2 Å². The van der Waals surface area contributed by atoms with E-state index >= 15 is 0 Å². The summed E-state index contributed by atoms with van der Waals surface area (Å²) >= 11 is 0. The third kappa shape index (κ3) is 4.99. The van der Waals surface area contributed by atoms with E-state index in [4.69, 9.17) is 9.47 Å². The van der Waals surface area contributed by atoms with Gasteiger partial charge in [-0.05, 0) is 93.0 Å². The lowest BCUT2D eigenvalue weighted by atomic mass is 9.66. The number of carbonyl (C=O) groups excluding carboxylic acids is 2. The highest BCUT2D eigenvalue weighted by molar-refractivity contribution is 5.92. The van der Waals surface area contributed by atoms with Gasteiger partial charge in [0.15, 0.2) is 11.6 Å². The summed E-state index contributed by atoms with van der Waals surface area (Å²) in [4.78, 5) is 28.1. The van der Waals surface area contributed by atoms with Gasteiger partial charge in [0.05, 0.1) is 0 Å². The molecule has 0 aliphatic carbocycles. The van der Waals surface area contributed by atoms with Crippen LogP contribution in [0.15, 0.2) is 54.6 Å². The largest absolute Gasteiger partial charge is 0.457 e. The Morgan fingerprint density at radius 2 is 1.56 bits per heavy atom. The van der Waals surface area contributed by atoms with Crippen LogP contribution in [0.4, 0.5) is 27.2 Å². The highest BCUT2D eigenvalue weighted by Crippen LogP contribution is 2.53. The van der Waals surface area contributed by atoms with Crippen molar-refractivity contribution in [3.8, 4) is 11.5 Å². The van der Waals surface area contributed by atoms with Gasteiger partial charge in [-0.15, -0.1) is 0 Å². The van der Waals surface area contributed by atoms with Gasteiger partial charge in [-0.2, -0.15) is 0 Å². The monoisotopic (exact) mass is 569 g/mol. The first-order valence-electron chi connectivity index (χ1n) is 13.4. The van der Waals surface area contributed by atoms with Crippen LogP contribution in [0.3, 0.4) is 0 Å². The van der Waals surface area contributed by atoms with E-state index in [0.29, 0.717) is 50.4 Å². The highest BCUT2D eigenvalue weighted by Gasteiger charge is 2.45. The molecule has 1 spiro atoms. The Bertz CT molecular complexity index is 1460. The molecule has 3 heterocycles. The minimum absolute atomic E-state index is 0.155. The number of halogens is 4. The number of nitrogens with zero attached hydrogens (tertiary/aromatic N) is 2. The number of urea groups is 1. The van der Waals surface area contributed by atoms with Gasteiger partial charge in [-0.25, -0.2) is 32.1 Å². The van der Waals surface area contributed by atoms with Crippen LogP contribution in [-0.2, 0) is 10.2 Å². The van der Waals surface area contributed by atoms with E-state index in [1.807, 2.05) is 0 Å². The van der Waals surface area contributed by atoms with E-state index in [1.54, 1.807) is 12.1 Å². The van der Waals surface area contributed by atoms with Crippen molar-refractivity contribution in [2.24, 2.45) is 0 Å². The Labute approximate surface area is 233 Å². The maximum Gasteiger partial charge on any atom is 0.418 e. The molecule has 0 bridgehead atoms. The van der Waals surface area contributed by atoms with Gasteiger partial charge in [-0.1, -0.05) is 6.07 Å². The molecule has 0 unspecified atom stereocenters. The molecule has 11 heteroatoms. The first kappa shape index (κ1) is 27.1. The lowest BCUT2D eigenvalue weighted by Gasteiger charge is -2.46. The quantitative estimate of drug-likeness (QED) is 0.301. The van der Waals surface area contributed by atoms with Gasteiger partial charge < -0.3 is 19.7 Å². The molecular formula is C30H27F4N3O4. The molecular weight excluding hydrogens is 542 g/mol. The molecule has 1 atom stereocenters. The second-order valence-electron chi connectivity index (χ2n) is 10.5. The van der Waals surface area contributed by atoms with Crippen molar-refractivity contribution in [2.75, 3.05) is 32.8 Å². The average Bonchev–Trinajstić information content (AvgIpc) is 3.35. The number of piperidine rings is 1. The van der Waals surface area contributed by atoms with Crippen LogP contribution in [0.25, 0.3) is 0 Å². The SMILES string of the molecule is O=C(NCCCN1CCC2(CC1)c1cc(F)ccc1Oc1ccc(F)cc12)N1C(=O)OC[C@@H]1c1ccc(F)c(F)c1. The van der Waals surface area contributed by atoms with Gasteiger partial charge >= 0.3 is 12.1 Å². The van der Waals surface area contributed by atoms with Gasteiger partial charge in [0, 0.05) is 23.1 Å². The van der Waals surface area contributed by atoms with Gasteiger partial charge in [0.2, 0.25) is 0 Å². The number of amides is 3. The zero-order valence-corrected chi connectivity index (χ0v) is 22.0. The number of benzene rings is 3. The predicted octanol–water partition coefficient (Wildman–Crippen LogP) is 6.02. The molecule has 0 radical (unpaired) electrons. The van der Waals surface area contributed by atoms with Crippen molar-refractivity contribution in [3.63, 3.8) is 0 Å². The first-order chi connectivity index (χ1) is 19.7. The molecule has 6 rings (SSSR count). The third-order valence-corrected chi connectivity index (χ3v) is 8.19. The Kier molecular flexibility index (Phi) is 7.06. The van der Waals surface area contributed by atoms with Crippen LogP contribution in [-0.4, -0.2) is 54.7 Å². The van der Waals surface area contributed by atoms with E-state index < -0.39 is 35.2 Å². The fraction of sp³-hybridized carbons (Fsp3) is 0.333. The summed E-state index contributed by atoms with van der Waals surface area (Å²) in [6.07, 6.45) is 0.983. The van der Waals surface area contributed by atoms with Crippen molar-refractivity contribution in [1.82, 2.24) is 15.1 Å². The fourth-order valence-corrected chi connectivity index (χ4v) is 6.09. The van der Waals surface area contributed by atoms with E-state index in [-0.39, 0.29) is 30.3 Å². The van der Waals surface area contributed by atoms with Crippen LogP contribution < -0.4 is 10.1 Å². The Morgan fingerprint density at radius 1 is 0.902 bits per heavy atom. The number of fused-ring (bicyclic) bond motifs is 4. The van der Waals surface area contributed by atoms with Crippen molar-refractivity contribution in [2.45, 2.75) is 30.7 Å². The molecule has 2 fully saturated rings. The second kappa shape index (κ2) is 10.7. The minimum atomic E-state index is -1.08. The zero-order valence-electron chi connectivity index (χ0n) is 22.0. The second-order valence-corrected chi connectivity index (χ2v) is 10.5.